The maximum absolute atomic E-state index is 5.51. The summed E-state index contributed by atoms with van der Waals surface area (Å²) in [6.07, 6.45) is 0. The van der Waals surface area contributed by atoms with Crippen LogP contribution in [0.4, 0.5) is 0 Å². The molecule has 3 atom stereocenters. The first kappa shape index (κ1) is 9.72. The molecule has 1 saturated heterocycles. The van der Waals surface area contributed by atoms with Crippen molar-refractivity contribution in [3.63, 3.8) is 0 Å². The largest absolute Gasteiger partial charge is 0.381 e. The van der Waals surface area contributed by atoms with Gasteiger partial charge in [-0.2, -0.15) is 0 Å². The van der Waals surface area contributed by atoms with E-state index in [4.69, 9.17) is 4.74 Å². The number of rotatable bonds is 2. The molecule has 76 valence electrons. The van der Waals surface area contributed by atoms with Crippen LogP contribution in [0.25, 0.3) is 0 Å². The zero-order chi connectivity index (χ0) is 9.97. The predicted octanol–water partition coefficient (Wildman–Crippen LogP) is 3.07. The summed E-state index contributed by atoms with van der Waals surface area (Å²) in [6, 6.07) is 10.7. The molecule has 0 spiro atoms. The van der Waals surface area contributed by atoms with E-state index >= 15 is 0 Å². The molecule has 0 aliphatic carbocycles. The first-order valence-electron chi connectivity index (χ1n) is 5.41. The Balaban J connectivity index is 2.12. The molecule has 0 aromatic heterocycles. The summed E-state index contributed by atoms with van der Waals surface area (Å²) in [7, 11) is 0. The Morgan fingerprint density at radius 3 is 2.50 bits per heavy atom. The van der Waals surface area contributed by atoms with Crippen LogP contribution >= 0.6 is 0 Å². The van der Waals surface area contributed by atoms with Crippen molar-refractivity contribution in [2.24, 2.45) is 11.8 Å². The van der Waals surface area contributed by atoms with E-state index in [1.807, 2.05) is 0 Å². The second-order valence-electron chi connectivity index (χ2n) is 4.38. The van der Waals surface area contributed by atoms with Gasteiger partial charge in [-0.25, -0.2) is 0 Å². The minimum atomic E-state index is 0.619. The number of hydrogen-bond donors (Lipinski definition) is 0. The van der Waals surface area contributed by atoms with E-state index in [9.17, 15) is 0 Å². The normalized spacial score (nSPS) is 29.0. The molecule has 1 heteroatoms. The van der Waals surface area contributed by atoms with Gasteiger partial charge < -0.3 is 4.74 Å². The van der Waals surface area contributed by atoms with E-state index in [0.29, 0.717) is 17.8 Å². The molecule has 0 saturated carbocycles. The summed E-state index contributed by atoms with van der Waals surface area (Å²) < 4.78 is 5.51. The molecule has 0 amide bonds. The van der Waals surface area contributed by atoms with Crippen LogP contribution in [0.2, 0.25) is 0 Å². The Bertz CT molecular complexity index is 281. The highest BCUT2D eigenvalue weighted by molar-refractivity contribution is 5.20. The third-order valence-corrected chi connectivity index (χ3v) is 3.39. The molecular weight excluding hydrogens is 172 g/mol. The van der Waals surface area contributed by atoms with Gasteiger partial charge in [0.15, 0.2) is 0 Å². The highest BCUT2D eigenvalue weighted by Crippen LogP contribution is 2.33. The van der Waals surface area contributed by atoms with Crippen molar-refractivity contribution in [3.05, 3.63) is 35.9 Å². The van der Waals surface area contributed by atoms with Gasteiger partial charge in [-0.15, -0.1) is 0 Å². The molecule has 1 aromatic rings. The summed E-state index contributed by atoms with van der Waals surface area (Å²) in [5.74, 6) is 2.01. The molecule has 1 fully saturated rings. The lowest BCUT2D eigenvalue weighted by Gasteiger charge is -2.21. The molecule has 2 rings (SSSR count). The van der Waals surface area contributed by atoms with Crippen LogP contribution in [-0.2, 0) is 4.74 Å². The van der Waals surface area contributed by atoms with Crippen molar-refractivity contribution < 1.29 is 4.74 Å². The fourth-order valence-electron chi connectivity index (χ4n) is 2.32. The lowest BCUT2D eigenvalue weighted by atomic mass is 9.82. The summed E-state index contributed by atoms with van der Waals surface area (Å²) >= 11 is 0. The Morgan fingerprint density at radius 2 is 1.93 bits per heavy atom. The van der Waals surface area contributed by atoms with Crippen molar-refractivity contribution >= 4 is 0 Å². The highest BCUT2D eigenvalue weighted by Gasteiger charge is 2.29. The first-order valence-corrected chi connectivity index (χ1v) is 5.41. The van der Waals surface area contributed by atoms with Crippen LogP contribution < -0.4 is 0 Å². The van der Waals surface area contributed by atoms with E-state index < -0.39 is 0 Å². The van der Waals surface area contributed by atoms with Crippen LogP contribution in [0.5, 0.6) is 0 Å². The fourth-order valence-corrected chi connectivity index (χ4v) is 2.32. The third kappa shape index (κ3) is 1.83. The van der Waals surface area contributed by atoms with Crippen LogP contribution in [0, 0.1) is 11.8 Å². The highest BCUT2D eigenvalue weighted by atomic mass is 16.5. The monoisotopic (exact) mass is 190 g/mol. The van der Waals surface area contributed by atoms with Crippen LogP contribution in [0.15, 0.2) is 30.3 Å². The van der Waals surface area contributed by atoms with Gasteiger partial charge in [-0.3, -0.25) is 0 Å². The van der Waals surface area contributed by atoms with Crippen molar-refractivity contribution in [3.8, 4) is 0 Å². The quantitative estimate of drug-likeness (QED) is 0.696. The summed E-state index contributed by atoms with van der Waals surface area (Å²) in [4.78, 5) is 0. The average molecular weight is 190 g/mol. The van der Waals surface area contributed by atoms with Crippen molar-refractivity contribution in [1.29, 1.82) is 0 Å². The third-order valence-electron chi connectivity index (χ3n) is 3.39. The zero-order valence-corrected chi connectivity index (χ0v) is 8.94. The van der Waals surface area contributed by atoms with Crippen LogP contribution in [0.1, 0.15) is 25.3 Å². The van der Waals surface area contributed by atoms with Crippen LogP contribution in [-0.4, -0.2) is 13.2 Å². The minimum absolute atomic E-state index is 0.619. The van der Waals surface area contributed by atoms with Gasteiger partial charge in [-0.1, -0.05) is 44.2 Å². The maximum Gasteiger partial charge on any atom is 0.0503 e. The molecule has 14 heavy (non-hydrogen) atoms. The zero-order valence-electron chi connectivity index (χ0n) is 8.94. The lowest BCUT2D eigenvalue weighted by Crippen LogP contribution is -2.16. The van der Waals surface area contributed by atoms with E-state index in [-0.39, 0.29) is 0 Å². The van der Waals surface area contributed by atoms with E-state index in [2.05, 4.69) is 44.2 Å². The predicted molar refractivity (Wildman–Crippen MR) is 58.3 cm³/mol. The van der Waals surface area contributed by atoms with Gasteiger partial charge in [0.2, 0.25) is 0 Å². The Hall–Kier alpha value is -0.820. The van der Waals surface area contributed by atoms with Gasteiger partial charge in [0.05, 0.1) is 6.61 Å². The Labute approximate surface area is 86.1 Å². The van der Waals surface area contributed by atoms with Gasteiger partial charge >= 0.3 is 0 Å². The molecule has 0 radical (unpaired) electrons. The average Bonchev–Trinajstić information content (AvgIpc) is 2.65. The standard InChI is InChI=1S/C13H18O/c1-10-8-14-9-13(10)11(2)12-6-4-3-5-7-12/h3-7,10-11,13H,8-9H2,1-2H3. The van der Waals surface area contributed by atoms with Gasteiger partial charge in [0.25, 0.3) is 0 Å². The number of benzene rings is 1. The molecule has 0 bridgehead atoms. The Kier molecular flexibility index (Phi) is 2.87. The van der Waals surface area contributed by atoms with Crippen LogP contribution in [0.3, 0.4) is 0 Å². The Morgan fingerprint density at radius 1 is 1.21 bits per heavy atom. The molecule has 1 aliphatic rings. The second kappa shape index (κ2) is 4.14. The molecule has 1 aromatic carbocycles. The topological polar surface area (TPSA) is 9.23 Å². The molecule has 1 aliphatic heterocycles. The fraction of sp³-hybridized carbons (Fsp3) is 0.538. The summed E-state index contributed by atoms with van der Waals surface area (Å²) in [5.41, 5.74) is 1.44. The van der Waals surface area contributed by atoms with Crippen molar-refractivity contribution in [1.82, 2.24) is 0 Å². The number of ether oxygens (including phenoxy) is 1. The maximum atomic E-state index is 5.51. The molecule has 0 N–H and O–H groups in total. The molecular formula is C13H18O. The van der Waals surface area contributed by atoms with E-state index in [1.165, 1.54) is 5.56 Å². The van der Waals surface area contributed by atoms with Crippen molar-refractivity contribution in [2.75, 3.05) is 13.2 Å². The summed E-state index contributed by atoms with van der Waals surface area (Å²) in [5, 5.41) is 0. The van der Waals surface area contributed by atoms with Crippen molar-refractivity contribution in [2.45, 2.75) is 19.8 Å². The SMILES string of the molecule is CC1COCC1C(C)c1ccccc1. The molecule has 1 heterocycles. The van der Waals surface area contributed by atoms with Gasteiger partial charge in [0.1, 0.15) is 0 Å². The van der Waals surface area contributed by atoms with E-state index in [0.717, 1.165) is 13.2 Å². The van der Waals surface area contributed by atoms with E-state index in [1.54, 1.807) is 0 Å². The first-order chi connectivity index (χ1) is 6.79. The molecule has 3 unspecified atom stereocenters. The minimum Gasteiger partial charge on any atom is -0.381 e. The smallest absolute Gasteiger partial charge is 0.0503 e. The number of hydrogen-bond acceptors (Lipinski definition) is 1. The summed E-state index contributed by atoms with van der Waals surface area (Å²) in [6.45, 7) is 6.46. The molecule has 1 nitrogen and oxygen atoms in total. The van der Waals surface area contributed by atoms with Gasteiger partial charge in [-0.05, 0) is 23.3 Å². The van der Waals surface area contributed by atoms with Gasteiger partial charge in [0, 0.05) is 6.61 Å². The second-order valence-corrected chi connectivity index (χ2v) is 4.38. The lowest BCUT2D eigenvalue weighted by molar-refractivity contribution is 0.179.